The van der Waals surface area contributed by atoms with E-state index in [1.165, 1.54) is 0 Å². The Morgan fingerprint density at radius 1 is 1.57 bits per heavy atom. The van der Waals surface area contributed by atoms with Crippen LogP contribution < -0.4 is 0 Å². The first-order chi connectivity index (χ1) is 9.92. The molecule has 0 radical (unpaired) electrons. The predicted octanol–water partition coefficient (Wildman–Crippen LogP) is 2.98. The maximum absolute atomic E-state index is 12.3. The van der Waals surface area contributed by atoms with Crippen molar-refractivity contribution in [3.8, 4) is 12.3 Å². The fraction of sp³-hybridized carbons (Fsp3) is 0.625. The van der Waals surface area contributed by atoms with Crippen molar-refractivity contribution < 1.29 is 9.53 Å². The molecule has 1 atom stereocenters. The number of carbonyl (C=O) groups is 1. The number of imidazole rings is 1. The van der Waals surface area contributed by atoms with Crippen LogP contribution in [0.1, 0.15) is 51.8 Å². The van der Waals surface area contributed by atoms with Gasteiger partial charge in [0.25, 0.3) is 0 Å². The Morgan fingerprint density at radius 2 is 2.33 bits per heavy atom. The van der Waals surface area contributed by atoms with E-state index in [1.807, 2.05) is 31.5 Å². The Morgan fingerprint density at radius 3 is 3.00 bits per heavy atom. The largest absolute Gasteiger partial charge is 0.444 e. The van der Waals surface area contributed by atoms with Gasteiger partial charge >= 0.3 is 6.09 Å². The van der Waals surface area contributed by atoms with E-state index in [-0.39, 0.29) is 12.1 Å². The van der Waals surface area contributed by atoms with Crippen molar-refractivity contribution >= 4 is 6.09 Å². The molecule has 114 valence electrons. The third-order valence-electron chi connectivity index (χ3n) is 3.46. The van der Waals surface area contributed by atoms with Gasteiger partial charge in [0.2, 0.25) is 0 Å². The summed E-state index contributed by atoms with van der Waals surface area (Å²) in [5, 5.41) is 0. The van der Waals surface area contributed by atoms with Crippen LogP contribution in [0.4, 0.5) is 4.79 Å². The van der Waals surface area contributed by atoms with Crippen molar-refractivity contribution in [2.24, 2.45) is 0 Å². The number of hydrogen-bond donors (Lipinski definition) is 0. The van der Waals surface area contributed by atoms with Crippen LogP contribution >= 0.6 is 0 Å². The summed E-state index contributed by atoms with van der Waals surface area (Å²) in [6, 6.07) is 0.0279. The summed E-state index contributed by atoms with van der Waals surface area (Å²) in [5.41, 5.74) is 0.558. The topological polar surface area (TPSA) is 47.4 Å². The predicted molar refractivity (Wildman–Crippen MR) is 80.6 cm³/mol. The van der Waals surface area contributed by atoms with Crippen LogP contribution in [0.5, 0.6) is 0 Å². The van der Waals surface area contributed by atoms with E-state index in [2.05, 4.69) is 10.9 Å². The number of carbonyl (C=O) groups excluding carboxylic acids is 1. The lowest BCUT2D eigenvalue weighted by Crippen LogP contribution is -2.37. The molecule has 1 aromatic rings. The zero-order valence-corrected chi connectivity index (χ0v) is 13.0. The maximum atomic E-state index is 12.3. The van der Waals surface area contributed by atoms with Gasteiger partial charge in [-0.3, -0.25) is 4.90 Å². The molecule has 1 unspecified atom stereocenters. The molecule has 0 N–H and O–H groups in total. The number of nitrogens with zero attached hydrogens (tertiary/aromatic N) is 3. The lowest BCUT2D eigenvalue weighted by molar-refractivity contribution is 0.0219. The second-order valence-corrected chi connectivity index (χ2v) is 6.30. The molecule has 1 saturated heterocycles. The lowest BCUT2D eigenvalue weighted by atomic mass is 10.1. The van der Waals surface area contributed by atoms with Crippen molar-refractivity contribution in [2.45, 2.75) is 58.2 Å². The van der Waals surface area contributed by atoms with Crippen molar-refractivity contribution in [3.05, 3.63) is 18.2 Å². The zero-order valence-electron chi connectivity index (χ0n) is 13.0. The molecule has 5 heteroatoms. The smallest absolute Gasteiger partial charge is 0.410 e. The van der Waals surface area contributed by atoms with E-state index in [4.69, 9.17) is 11.2 Å². The first-order valence-electron chi connectivity index (χ1n) is 7.35. The molecule has 5 nitrogen and oxygen atoms in total. The minimum Gasteiger partial charge on any atom is -0.444 e. The molecule has 1 aliphatic heterocycles. The van der Waals surface area contributed by atoms with Gasteiger partial charge in [-0.2, -0.15) is 0 Å². The van der Waals surface area contributed by atoms with Crippen molar-refractivity contribution in [3.63, 3.8) is 0 Å². The van der Waals surface area contributed by atoms with Crippen LogP contribution in [-0.4, -0.2) is 32.7 Å². The van der Waals surface area contributed by atoms with Crippen molar-refractivity contribution in [2.75, 3.05) is 6.54 Å². The highest BCUT2D eigenvalue weighted by Crippen LogP contribution is 2.33. The lowest BCUT2D eigenvalue weighted by Gasteiger charge is -2.29. The number of terminal acetylenes is 1. The average Bonchev–Trinajstić information content (AvgIpc) is 3.02. The van der Waals surface area contributed by atoms with Crippen molar-refractivity contribution in [1.82, 2.24) is 14.5 Å². The number of hydrogen-bond acceptors (Lipinski definition) is 3. The van der Waals surface area contributed by atoms with Gasteiger partial charge in [-0.1, -0.05) is 0 Å². The quantitative estimate of drug-likeness (QED) is 0.804. The van der Waals surface area contributed by atoms with Crippen LogP contribution in [0.15, 0.2) is 12.5 Å². The van der Waals surface area contributed by atoms with E-state index in [1.54, 1.807) is 11.2 Å². The number of aryl methyl sites for hydroxylation is 1. The molecule has 2 heterocycles. The number of likely N-dealkylation sites (tertiary alicyclic amines) is 1. The van der Waals surface area contributed by atoms with Crippen LogP contribution in [0.3, 0.4) is 0 Å². The third kappa shape index (κ3) is 3.78. The Labute approximate surface area is 126 Å². The molecule has 0 spiro atoms. The SMILES string of the molecule is C#CCCn1cncc1C1CCCN1C(=O)OC(C)(C)C. The van der Waals surface area contributed by atoms with E-state index in [0.29, 0.717) is 6.42 Å². The second-order valence-electron chi connectivity index (χ2n) is 6.30. The molecular formula is C16H23N3O2. The van der Waals surface area contributed by atoms with Gasteiger partial charge in [-0.25, -0.2) is 9.78 Å². The minimum atomic E-state index is -0.478. The highest BCUT2D eigenvalue weighted by molar-refractivity contribution is 5.69. The summed E-state index contributed by atoms with van der Waals surface area (Å²) in [5.74, 6) is 2.63. The van der Waals surface area contributed by atoms with E-state index >= 15 is 0 Å². The molecule has 21 heavy (non-hydrogen) atoms. The van der Waals surface area contributed by atoms with Gasteiger partial charge in [-0.05, 0) is 33.6 Å². The van der Waals surface area contributed by atoms with Crippen LogP contribution in [-0.2, 0) is 11.3 Å². The van der Waals surface area contributed by atoms with E-state index in [9.17, 15) is 4.79 Å². The average molecular weight is 289 g/mol. The van der Waals surface area contributed by atoms with Gasteiger partial charge in [0, 0.05) is 19.5 Å². The molecule has 0 bridgehead atoms. The standard InChI is InChI=1S/C16H23N3O2/c1-5-6-9-18-12-17-11-14(18)13-8-7-10-19(13)15(20)21-16(2,3)4/h1,11-13H,6-10H2,2-4H3. The summed E-state index contributed by atoms with van der Waals surface area (Å²) >= 11 is 0. The Bertz CT molecular complexity index is 536. The van der Waals surface area contributed by atoms with Gasteiger partial charge in [0.15, 0.2) is 0 Å². The Kier molecular flexibility index (Phi) is 4.56. The molecule has 0 aromatic carbocycles. The van der Waals surface area contributed by atoms with Gasteiger partial charge in [0.1, 0.15) is 5.60 Å². The maximum Gasteiger partial charge on any atom is 0.410 e. The first-order valence-corrected chi connectivity index (χ1v) is 7.35. The molecular weight excluding hydrogens is 266 g/mol. The molecule has 1 fully saturated rings. The Balaban J connectivity index is 2.14. The fourth-order valence-corrected chi connectivity index (χ4v) is 2.59. The number of aromatic nitrogens is 2. The van der Waals surface area contributed by atoms with Gasteiger partial charge in [0.05, 0.1) is 24.3 Å². The second kappa shape index (κ2) is 6.21. The first kappa shape index (κ1) is 15.4. The van der Waals surface area contributed by atoms with Crippen LogP contribution in [0.2, 0.25) is 0 Å². The normalized spacial score (nSPS) is 18.6. The van der Waals surface area contributed by atoms with E-state index in [0.717, 1.165) is 31.6 Å². The highest BCUT2D eigenvalue weighted by Gasteiger charge is 2.34. The summed E-state index contributed by atoms with van der Waals surface area (Å²) in [4.78, 5) is 18.3. The summed E-state index contributed by atoms with van der Waals surface area (Å²) in [6.45, 7) is 7.10. The Hall–Kier alpha value is -1.96. The number of rotatable bonds is 3. The fourth-order valence-electron chi connectivity index (χ4n) is 2.59. The molecule has 1 aliphatic rings. The van der Waals surface area contributed by atoms with Gasteiger partial charge < -0.3 is 9.30 Å². The minimum absolute atomic E-state index is 0.0279. The van der Waals surface area contributed by atoms with Gasteiger partial charge in [-0.15, -0.1) is 12.3 Å². The monoisotopic (exact) mass is 289 g/mol. The number of amides is 1. The summed E-state index contributed by atoms with van der Waals surface area (Å²) < 4.78 is 7.53. The van der Waals surface area contributed by atoms with Crippen LogP contribution in [0.25, 0.3) is 0 Å². The zero-order chi connectivity index (χ0) is 15.5. The molecule has 2 rings (SSSR count). The summed E-state index contributed by atoms with van der Waals surface area (Å²) in [6.07, 6.45) is 11.2. The highest BCUT2D eigenvalue weighted by atomic mass is 16.6. The molecule has 0 aliphatic carbocycles. The summed E-state index contributed by atoms with van der Waals surface area (Å²) in [7, 11) is 0. The van der Waals surface area contributed by atoms with Crippen molar-refractivity contribution in [1.29, 1.82) is 0 Å². The van der Waals surface area contributed by atoms with Crippen LogP contribution in [0, 0.1) is 12.3 Å². The molecule has 1 aromatic heterocycles. The molecule has 0 saturated carbocycles. The van der Waals surface area contributed by atoms with E-state index < -0.39 is 5.60 Å². The molecule has 1 amide bonds. The third-order valence-corrected chi connectivity index (χ3v) is 3.46. The number of ether oxygens (including phenoxy) is 1.